The number of carbonyl (C=O) groups is 2. The monoisotopic (exact) mass is 473 g/mol. The van der Waals surface area contributed by atoms with Crippen LogP contribution >= 0.6 is 0 Å². The number of nitrogens with one attached hydrogen (secondary N) is 1. The molecule has 0 saturated heterocycles. The Morgan fingerprint density at radius 2 is 1.60 bits per heavy atom. The van der Waals surface area contributed by atoms with E-state index in [9.17, 15) is 9.59 Å². The van der Waals surface area contributed by atoms with Crippen LogP contribution in [0.1, 0.15) is 42.3 Å². The molecule has 7 nitrogen and oxygen atoms in total. The molecule has 7 heteroatoms. The number of benzene rings is 2. The maximum absolute atomic E-state index is 12.5. The van der Waals surface area contributed by atoms with Crippen LogP contribution < -0.4 is 10.1 Å². The van der Waals surface area contributed by atoms with Gasteiger partial charge in [-0.15, -0.1) is 0 Å². The van der Waals surface area contributed by atoms with Crippen molar-refractivity contribution < 1.29 is 19.1 Å². The highest BCUT2D eigenvalue weighted by Gasteiger charge is 2.24. The Labute approximate surface area is 206 Å². The fourth-order valence-electron chi connectivity index (χ4n) is 3.97. The standard InChI is InChI=1S/C28H31N3O4/c1-28(2,3)35-27(33)31-15-13-20-5-6-21(17-22(20)14-16-31)19-7-10-24(11-8-19)34-25-12-9-23(18-30-25)26(32)29-4/h5-12,17-18H,13-16H2,1-4H3,(H,29,32). The lowest BCUT2D eigenvalue weighted by Crippen LogP contribution is -2.38. The molecule has 1 N–H and O–H groups in total. The van der Waals surface area contributed by atoms with E-state index in [1.54, 1.807) is 24.1 Å². The summed E-state index contributed by atoms with van der Waals surface area (Å²) in [5.74, 6) is 0.897. The second kappa shape index (κ2) is 10.2. The minimum atomic E-state index is -0.496. The zero-order valence-electron chi connectivity index (χ0n) is 20.6. The van der Waals surface area contributed by atoms with E-state index in [-0.39, 0.29) is 12.0 Å². The number of rotatable bonds is 4. The van der Waals surface area contributed by atoms with Crippen LogP contribution in [0.5, 0.6) is 11.6 Å². The van der Waals surface area contributed by atoms with Crippen molar-refractivity contribution in [2.24, 2.45) is 0 Å². The molecule has 0 bridgehead atoms. The third-order valence-electron chi connectivity index (χ3n) is 5.80. The number of nitrogens with zero attached hydrogens (tertiary/aromatic N) is 2. The van der Waals surface area contributed by atoms with Crippen molar-refractivity contribution in [3.63, 3.8) is 0 Å². The highest BCUT2D eigenvalue weighted by molar-refractivity contribution is 5.93. The molecule has 0 aliphatic carbocycles. The predicted octanol–water partition coefficient (Wildman–Crippen LogP) is 5.24. The fraction of sp³-hybridized carbons (Fsp3) is 0.321. The number of hydrogen-bond acceptors (Lipinski definition) is 5. The van der Waals surface area contributed by atoms with Crippen LogP contribution in [0.4, 0.5) is 4.79 Å². The Morgan fingerprint density at radius 3 is 2.23 bits per heavy atom. The van der Waals surface area contributed by atoms with E-state index in [2.05, 4.69) is 28.5 Å². The molecule has 182 valence electrons. The first-order valence-corrected chi connectivity index (χ1v) is 11.8. The Hall–Kier alpha value is -3.87. The van der Waals surface area contributed by atoms with E-state index >= 15 is 0 Å². The number of hydrogen-bond donors (Lipinski definition) is 1. The molecule has 3 aromatic rings. The zero-order chi connectivity index (χ0) is 25.0. The van der Waals surface area contributed by atoms with E-state index in [0.717, 1.165) is 24.0 Å². The first-order chi connectivity index (χ1) is 16.7. The lowest BCUT2D eigenvalue weighted by atomic mass is 9.96. The third-order valence-corrected chi connectivity index (χ3v) is 5.80. The Bertz CT molecular complexity index is 1200. The highest BCUT2D eigenvalue weighted by atomic mass is 16.6. The number of ether oxygens (including phenoxy) is 2. The highest BCUT2D eigenvalue weighted by Crippen LogP contribution is 2.28. The molecule has 0 saturated carbocycles. The average molecular weight is 474 g/mol. The largest absolute Gasteiger partial charge is 0.444 e. The lowest BCUT2D eigenvalue weighted by molar-refractivity contribution is 0.0258. The van der Waals surface area contributed by atoms with Gasteiger partial charge in [-0.25, -0.2) is 9.78 Å². The van der Waals surface area contributed by atoms with Crippen molar-refractivity contribution in [3.8, 4) is 22.8 Å². The van der Waals surface area contributed by atoms with E-state index in [1.807, 2.05) is 45.0 Å². The second-order valence-electron chi connectivity index (χ2n) is 9.54. The summed E-state index contributed by atoms with van der Waals surface area (Å²) in [6.45, 7) is 6.97. The lowest BCUT2D eigenvalue weighted by Gasteiger charge is -2.26. The molecule has 4 rings (SSSR count). The number of fused-ring (bicyclic) bond motifs is 1. The average Bonchev–Trinajstić information content (AvgIpc) is 3.06. The number of amides is 2. The smallest absolute Gasteiger partial charge is 0.410 e. The zero-order valence-corrected chi connectivity index (χ0v) is 20.6. The van der Waals surface area contributed by atoms with Gasteiger partial charge in [0.1, 0.15) is 11.4 Å². The summed E-state index contributed by atoms with van der Waals surface area (Å²) >= 11 is 0. The van der Waals surface area contributed by atoms with Crippen molar-refractivity contribution in [2.75, 3.05) is 20.1 Å². The van der Waals surface area contributed by atoms with Crippen molar-refractivity contribution in [2.45, 2.75) is 39.2 Å². The molecule has 0 radical (unpaired) electrons. The molecule has 0 unspecified atom stereocenters. The summed E-state index contributed by atoms with van der Waals surface area (Å²) in [7, 11) is 1.58. The Balaban J connectivity index is 1.42. The van der Waals surface area contributed by atoms with Crippen molar-refractivity contribution in [1.82, 2.24) is 15.2 Å². The van der Waals surface area contributed by atoms with E-state index in [0.29, 0.717) is 30.3 Å². The van der Waals surface area contributed by atoms with Gasteiger partial charge < -0.3 is 19.7 Å². The molecule has 0 fully saturated rings. The summed E-state index contributed by atoms with van der Waals surface area (Å²) in [5, 5.41) is 2.57. The molecule has 2 amide bonds. The molecule has 0 spiro atoms. The van der Waals surface area contributed by atoms with E-state index < -0.39 is 5.60 Å². The van der Waals surface area contributed by atoms with Gasteiger partial charge in [0, 0.05) is 32.4 Å². The van der Waals surface area contributed by atoms with E-state index in [1.165, 1.54) is 17.3 Å². The quantitative estimate of drug-likeness (QED) is 0.561. The van der Waals surface area contributed by atoms with Crippen molar-refractivity contribution in [1.29, 1.82) is 0 Å². The molecule has 35 heavy (non-hydrogen) atoms. The first kappa shape index (κ1) is 24.3. The molecule has 1 aliphatic heterocycles. The normalized spacial score (nSPS) is 13.4. The molecule has 2 heterocycles. The van der Waals surface area contributed by atoms with Gasteiger partial charge in [-0.1, -0.05) is 30.3 Å². The maximum atomic E-state index is 12.5. The molecule has 1 aromatic heterocycles. The number of aromatic nitrogens is 1. The van der Waals surface area contributed by atoms with Crippen LogP contribution in [0.25, 0.3) is 11.1 Å². The van der Waals surface area contributed by atoms with Crippen LogP contribution in [0.15, 0.2) is 60.8 Å². The summed E-state index contributed by atoms with van der Waals surface area (Å²) in [6, 6.07) is 17.7. The van der Waals surface area contributed by atoms with Gasteiger partial charge in [0.05, 0.1) is 5.56 Å². The molecule has 1 aliphatic rings. The van der Waals surface area contributed by atoms with Crippen LogP contribution in [0, 0.1) is 0 Å². The van der Waals surface area contributed by atoms with E-state index in [4.69, 9.17) is 9.47 Å². The van der Waals surface area contributed by atoms with Gasteiger partial charge in [0.15, 0.2) is 0 Å². The van der Waals surface area contributed by atoms with Gasteiger partial charge in [-0.05, 0) is 74.1 Å². The topological polar surface area (TPSA) is 80.8 Å². The summed E-state index contributed by atoms with van der Waals surface area (Å²) < 4.78 is 11.4. The number of carbonyl (C=O) groups excluding carboxylic acids is 2. The molecule has 2 aromatic carbocycles. The van der Waals surface area contributed by atoms with Crippen LogP contribution in [0.2, 0.25) is 0 Å². The Kier molecular flexibility index (Phi) is 7.05. The first-order valence-electron chi connectivity index (χ1n) is 11.8. The summed E-state index contributed by atoms with van der Waals surface area (Å²) in [5.41, 5.74) is 4.71. The van der Waals surface area contributed by atoms with Gasteiger partial charge in [0.2, 0.25) is 5.88 Å². The maximum Gasteiger partial charge on any atom is 0.410 e. The van der Waals surface area contributed by atoms with Gasteiger partial charge in [-0.3, -0.25) is 4.79 Å². The van der Waals surface area contributed by atoms with Crippen molar-refractivity contribution in [3.05, 3.63) is 77.5 Å². The summed E-state index contributed by atoms with van der Waals surface area (Å²) in [6.07, 6.45) is 2.84. The third kappa shape index (κ3) is 6.18. The molecular weight excluding hydrogens is 442 g/mol. The van der Waals surface area contributed by atoms with Crippen LogP contribution in [-0.4, -0.2) is 47.6 Å². The Morgan fingerprint density at radius 1 is 0.914 bits per heavy atom. The summed E-state index contributed by atoms with van der Waals surface area (Å²) in [4.78, 5) is 30.1. The number of pyridine rings is 1. The van der Waals surface area contributed by atoms with Crippen LogP contribution in [0.3, 0.4) is 0 Å². The minimum absolute atomic E-state index is 0.188. The SMILES string of the molecule is CNC(=O)c1ccc(Oc2ccc(-c3ccc4c(c3)CCN(C(=O)OC(C)(C)C)CC4)cc2)nc1. The van der Waals surface area contributed by atoms with Crippen LogP contribution in [-0.2, 0) is 17.6 Å². The van der Waals surface area contributed by atoms with Crippen molar-refractivity contribution >= 4 is 12.0 Å². The fourth-order valence-corrected chi connectivity index (χ4v) is 3.97. The molecule has 0 atom stereocenters. The minimum Gasteiger partial charge on any atom is -0.444 e. The predicted molar refractivity (Wildman–Crippen MR) is 135 cm³/mol. The van der Waals surface area contributed by atoms with Gasteiger partial charge >= 0.3 is 6.09 Å². The molecular formula is C28H31N3O4. The second-order valence-corrected chi connectivity index (χ2v) is 9.54. The van der Waals surface area contributed by atoms with Gasteiger partial charge in [-0.2, -0.15) is 0 Å². The van der Waals surface area contributed by atoms with Gasteiger partial charge in [0.25, 0.3) is 5.91 Å².